The van der Waals surface area contributed by atoms with Crippen LogP contribution in [0.1, 0.15) is 5.56 Å². The molecule has 1 unspecified atom stereocenters. The smallest absolute Gasteiger partial charge is 0.146 e. The van der Waals surface area contributed by atoms with Crippen molar-refractivity contribution in [2.75, 3.05) is 37.9 Å². The lowest BCUT2D eigenvalue weighted by atomic mass is 10.2. The van der Waals surface area contributed by atoms with Gasteiger partial charge in [0.2, 0.25) is 0 Å². The summed E-state index contributed by atoms with van der Waals surface area (Å²) in [6, 6.07) is 3.58. The van der Waals surface area contributed by atoms with Gasteiger partial charge in [0.15, 0.2) is 0 Å². The lowest BCUT2D eigenvalue weighted by Gasteiger charge is -2.22. The maximum absolute atomic E-state index is 9.60. The fourth-order valence-corrected chi connectivity index (χ4v) is 1.51. The second-order valence-electron chi connectivity index (χ2n) is 3.74. The van der Waals surface area contributed by atoms with E-state index in [0.717, 1.165) is 0 Å². The van der Waals surface area contributed by atoms with E-state index in [4.69, 9.17) is 15.7 Å². The number of hydrogen-bond acceptors (Lipinski definition) is 6. The molecule has 92 valence electrons. The number of ether oxygens (including phenoxy) is 1. The zero-order chi connectivity index (χ0) is 12.8. The summed E-state index contributed by atoms with van der Waals surface area (Å²) in [6.07, 6.45) is 0.853. The molecule has 1 heterocycles. The molecule has 0 radical (unpaired) electrons. The normalized spacial score (nSPS) is 11.9. The van der Waals surface area contributed by atoms with E-state index in [1.54, 1.807) is 18.0 Å². The van der Waals surface area contributed by atoms with Gasteiger partial charge in [-0.25, -0.2) is 4.98 Å². The molecule has 1 aromatic rings. The van der Waals surface area contributed by atoms with Gasteiger partial charge < -0.3 is 20.5 Å². The molecule has 3 N–H and O–H groups in total. The van der Waals surface area contributed by atoms with E-state index in [1.807, 2.05) is 6.07 Å². The van der Waals surface area contributed by atoms with Crippen LogP contribution in [-0.2, 0) is 4.74 Å². The summed E-state index contributed by atoms with van der Waals surface area (Å²) >= 11 is 0. The Hall–Kier alpha value is -1.84. The Balaban J connectivity index is 2.82. The van der Waals surface area contributed by atoms with Gasteiger partial charge in [0.25, 0.3) is 0 Å². The maximum Gasteiger partial charge on any atom is 0.146 e. The predicted molar refractivity (Wildman–Crippen MR) is 64.5 cm³/mol. The molecule has 0 aliphatic carbocycles. The summed E-state index contributed by atoms with van der Waals surface area (Å²) in [5.41, 5.74) is 6.38. The van der Waals surface area contributed by atoms with Crippen molar-refractivity contribution in [2.45, 2.75) is 6.10 Å². The van der Waals surface area contributed by atoms with Crippen molar-refractivity contribution in [2.24, 2.45) is 0 Å². The van der Waals surface area contributed by atoms with Gasteiger partial charge in [-0.2, -0.15) is 5.26 Å². The van der Waals surface area contributed by atoms with Crippen molar-refractivity contribution in [1.82, 2.24) is 4.98 Å². The minimum Gasteiger partial charge on any atom is -0.397 e. The van der Waals surface area contributed by atoms with Gasteiger partial charge in [-0.3, -0.25) is 0 Å². The van der Waals surface area contributed by atoms with Crippen molar-refractivity contribution >= 4 is 11.5 Å². The van der Waals surface area contributed by atoms with Crippen LogP contribution in [0, 0.1) is 11.3 Å². The minimum absolute atomic E-state index is 0.237. The van der Waals surface area contributed by atoms with Gasteiger partial charge >= 0.3 is 0 Å². The van der Waals surface area contributed by atoms with Crippen LogP contribution in [-0.4, -0.2) is 43.5 Å². The summed E-state index contributed by atoms with van der Waals surface area (Å²) in [7, 11) is 3.27. The third kappa shape index (κ3) is 3.59. The molecule has 0 saturated heterocycles. The molecule has 17 heavy (non-hydrogen) atoms. The number of nitrogens with two attached hydrogens (primary N) is 1. The maximum atomic E-state index is 9.60. The summed E-state index contributed by atoms with van der Waals surface area (Å²) in [5.74, 6) is 0.497. The molecule has 0 spiro atoms. The Bertz CT molecular complexity index is 416. The van der Waals surface area contributed by atoms with Gasteiger partial charge in [-0.05, 0) is 6.07 Å². The lowest BCUT2D eigenvalue weighted by molar-refractivity contribution is 0.0694. The Morgan fingerprint density at radius 1 is 1.71 bits per heavy atom. The first-order chi connectivity index (χ1) is 8.08. The second kappa shape index (κ2) is 6.03. The van der Waals surface area contributed by atoms with Crippen molar-refractivity contribution in [3.8, 4) is 6.07 Å². The van der Waals surface area contributed by atoms with E-state index >= 15 is 0 Å². The van der Waals surface area contributed by atoms with Crippen LogP contribution in [0.3, 0.4) is 0 Å². The fraction of sp³-hybridized carbons (Fsp3) is 0.455. The molecule has 1 aromatic heterocycles. The largest absolute Gasteiger partial charge is 0.397 e. The molecule has 6 nitrogen and oxygen atoms in total. The number of nitrogen functional groups attached to an aromatic ring is 1. The number of hydrogen-bond donors (Lipinski definition) is 2. The van der Waals surface area contributed by atoms with Crippen LogP contribution in [0.15, 0.2) is 12.3 Å². The number of anilines is 2. The van der Waals surface area contributed by atoms with Gasteiger partial charge in [-0.1, -0.05) is 0 Å². The highest BCUT2D eigenvalue weighted by atomic mass is 16.5. The molecule has 1 rings (SSSR count). The number of nitriles is 1. The van der Waals surface area contributed by atoms with Crippen LogP contribution in [0.2, 0.25) is 0 Å². The Morgan fingerprint density at radius 2 is 2.41 bits per heavy atom. The van der Waals surface area contributed by atoms with Gasteiger partial charge in [0, 0.05) is 20.7 Å². The van der Waals surface area contributed by atoms with Crippen LogP contribution in [0.4, 0.5) is 11.5 Å². The number of aliphatic hydroxyl groups is 1. The fourth-order valence-electron chi connectivity index (χ4n) is 1.51. The quantitative estimate of drug-likeness (QED) is 0.746. The number of pyridine rings is 1. The van der Waals surface area contributed by atoms with E-state index in [-0.39, 0.29) is 6.61 Å². The monoisotopic (exact) mass is 236 g/mol. The SMILES string of the molecule is COCC(O)CN(C)c1ncc(N)cc1C#N. The van der Waals surface area contributed by atoms with Gasteiger partial charge in [0.1, 0.15) is 11.9 Å². The third-order valence-corrected chi connectivity index (χ3v) is 2.21. The molecule has 0 saturated carbocycles. The zero-order valence-electron chi connectivity index (χ0n) is 9.92. The van der Waals surface area contributed by atoms with Crippen LogP contribution in [0.25, 0.3) is 0 Å². The molecule has 1 atom stereocenters. The zero-order valence-corrected chi connectivity index (χ0v) is 9.92. The minimum atomic E-state index is -0.629. The lowest BCUT2D eigenvalue weighted by Crippen LogP contribution is -2.32. The number of likely N-dealkylation sites (N-methyl/N-ethyl adjacent to an activating group) is 1. The number of nitrogens with zero attached hydrogens (tertiary/aromatic N) is 3. The molecule has 6 heteroatoms. The van der Waals surface area contributed by atoms with E-state index in [2.05, 4.69) is 4.98 Å². The Kier molecular flexibility index (Phi) is 4.69. The number of methoxy groups -OCH3 is 1. The first-order valence-electron chi connectivity index (χ1n) is 5.12. The molecular weight excluding hydrogens is 220 g/mol. The summed E-state index contributed by atoms with van der Waals surface area (Å²) in [5, 5.41) is 18.6. The molecule has 0 aliphatic rings. The highest BCUT2D eigenvalue weighted by Crippen LogP contribution is 2.17. The van der Waals surface area contributed by atoms with Crippen molar-refractivity contribution in [3.63, 3.8) is 0 Å². The van der Waals surface area contributed by atoms with Crippen molar-refractivity contribution in [1.29, 1.82) is 5.26 Å². The van der Waals surface area contributed by atoms with Crippen molar-refractivity contribution < 1.29 is 9.84 Å². The van der Waals surface area contributed by atoms with E-state index < -0.39 is 6.10 Å². The average Bonchev–Trinajstić information content (AvgIpc) is 2.28. The number of rotatable bonds is 5. The summed E-state index contributed by atoms with van der Waals surface area (Å²) < 4.78 is 4.83. The topological polar surface area (TPSA) is 95.4 Å². The molecule has 0 bridgehead atoms. The average molecular weight is 236 g/mol. The van der Waals surface area contributed by atoms with E-state index in [1.165, 1.54) is 13.3 Å². The standard InChI is InChI=1S/C11H16N4O2/c1-15(6-10(16)7-17-2)11-8(4-12)3-9(13)5-14-11/h3,5,10,16H,6-7,13H2,1-2H3. The van der Waals surface area contributed by atoms with E-state index in [0.29, 0.717) is 23.6 Å². The molecule has 0 fully saturated rings. The molecule has 0 aliphatic heterocycles. The third-order valence-electron chi connectivity index (χ3n) is 2.21. The number of aromatic nitrogens is 1. The summed E-state index contributed by atoms with van der Waals surface area (Å²) in [6.45, 7) is 0.570. The Labute approximate surface area is 100 Å². The second-order valence-corrected chi connectivity index (χ2v) is 3.74. The predicted octanol–water partition coefficient (Wildman–Crippen LogP) is -0.0210. The summed E-state index contributed by atoms with van der Waals surface area (Å²) in [4.78, 5) is 5.78. The molecule has 0 aromatic carbocycles. The van der Waals surface area contributed by atoms with Crippen LogP contribution < -0.4 is 10.6 Å². The Morgan fingerprint density at radius 3 is 3.00 bits per heavy atom. The first kappa shape index (κ1) is 13.2. The highest BCUT2D eigenvalue weighted by molar-refractivity contribution is 5.58. The molecular formula is C11H16N4O2. The number of aliphatic hydroxyl groups excluding tert-OH is 1. The first-order valence-corrected chi connectivity index (χ1v) is 5.12. The van der Waals surface area contributed by atoms with E-state index in [9.17, 15) is 5.11 Å². The highest BCUT2D eigenvalue weighted by Gasteiger charge is 2.13. The van der Waals surface area contributed by atoms with Crippen LogP contribution in [0.5, 0.6) is 0 Å². The van der Waals surface area contributed by atoms with Crippen molar-refractivity contribution in [3.05, 3.63) is 17.8 Å². The molecule has 0 amide bonds. The van der Waals surface area contributed by atoms with Gasteiger partial charge in [0.05, 0.1) is 30.2 Å². The van der Waals surface area contributed by atoms with Gasteiger partial charge in [-0.15, -0.1) is 0 Å². The van der Waals surface area contributed by atoms with Crippen LogP contribution >= 0.6 is 0 Å².